The molecule has 0 aliphatic carbocycles. The van der Waals surface area contributed by atoms with Gasteiger partial charge in [0.05, 0.1) is 11.0 Å². The molecule has 1 N–H and O–H groups in total. The summed E-state index contributed by atoms with van der Waals surface area (Å²) in [4.78, 5) is 21.5. The SMILES string of the molecule is O=c1[nH]c(S(=O)(=O)Cl)c(OC(F)(F)F)cc1[N+](=O)[O-]. The molecule has 1 aromatic rings. The Hall–Kier alpha value is -1.82. The van der Waals surface area contributed by atoms with E-state index in [0.717, 1.165) is 0 Å². The standard InChI is InChI=1S/C6H2ClF3N2O6S/c7-19(16,17)5-3(18-6(8,9)10)1-2(12(14)15)4(13)11-5/h1H,(H,11,13). The number of nitro groups is 1. The summed E-state index contributed by atoms with van der Waals surface area (Å²) in [6.45, 7) is 0. The second-order valence-electron chi connectivity index (χ2n) is 2.92. The molecule has 0 saturated carbocycles. The van der Waals surface area contributed by atoms with Gasteiger partial charge < -0.3 is 9.72 Å². The molecule has 0 aliphatic heterocycles. The van der Waals surface area contributed by atoms with Crippen molar-refractivity contribution in [1.29, 1.82) is 0 Å². The summed E-state index contributed by atoms with van der Waals surface area (Å²) >= 11 is 0. The Kier molecular flexibility index (Phi) is 3.77. The number of rotatable bonds is 3. The summed E-state index contributed by atoms with van der Waals surface area (Å²) in [6, 6.07) is 0.0155. The summed E-state index contributed by atoms with van der Waals surface area (Å²) in [5, 5.41) is 8.94. The summed E-state index contributed by atoms with van der Waals surface area (Å²) in [5.74, 6) is -1.51. The highest BCUT2D eigenvalue weighted by Crippen LogP contribution is 2.31. The van der Waals surface area contributed by atoms with Crippen LogP contribution in [0.15, 0.2) is 15.9 Å². The van der Waals surface area contributed by atoms with Crippen LogP contribution in [0.25, 0.3) is 0 Å². The monoisotopic (exact) mass is 322 g/mol. The lowest BCUT2D eigenvalue weighted by molar-refractivity contribution is -0.386. The van der Waals surface area contributed by atoms with Crippen molar-refractivity contribution in [2.24, 2.45) is 0 Å². The number of nitrogens with one attached hydrogen (secondary N) is 1. The van der Waals surface area contributed by atoms with Crippen LogP contribution >= 0.6 is 10.7 Å². The first-order chi connectivity index (χ1) is 8.42. The maximum absolute atomic E-state index is 12.0. The van der Waals surface area contributed by atoms with Crippen LogP contribution in [-0.2, 0) is 9.05 Å². The molecule has 106 valence electrons. The number of ether oxygens (including phenoxy) is 1. The fourth-order valence-corrected chi connectivity index (χ4v) is 1.90. The summed E-state index contributed by atoms with van der Waals surface area (Å²) in [7, 11) is -0.0204. The zero-order chi connectivity index (χ0) is 15.0. The highest BCUT2D eigenvalue weighted by atomic mass is 35.7. The third kappa shape index (κ3) is 3.82. The minimum atomic E-state index is -5.33. The van der Waals surface area contributed by atoms with Crippen LogP contribution in [0.5, 0.6) is 5.75 Å². The molecule has 0 amide bonds. The van der Waals surface area contributed by atoms with Gasteiger partial charge >= 0.3 is 17.6 Å². The van der Waals surface area contributed by atoms with Crippen molar-refractivity contribution in [3.05, 3.63) is 26.5 Å². The molecule has 0 radical (unpaired) electrons. The summed E-state index contributed by atoms with van der Waals surface area (Å²) in [6.07, 6.45) is -5.33. The van der Waals surface area contributed by atoms with E-state index in [1.807, 2.05) is 0 Å². The first-order valence-corrected chi connectivity index (χ1v) is 6.35. The van der Waals surface area contributed by atoms with Crippen molar-refractivity contribution in [2.75, 3.05) is 0 Å². The second kappa shape index (κ2) is 4.70. The average molecular weight is 323 g/mol. The van der Waals surface area contributed by atoms with Crippen molar-refractivity contribution in [1.82, 2.24) is 4.98 Å². The van der Waals surface area contributed by atoms with Crippen LogP contribution in [-0.4, -0.2) is 24.7 Å². The van der Waals surface area contributed by atoms with Gasteiger partial charge in [0.1, 0.15) is 0 Å². The molecule has 1 aromatic heterocycles. The minimum Gasteiger partial charge on any atom is -0.402 e. The predicted molar refractivity (Wildman–Crippen MR) is 53.4 cm³/mol. The third-order valence-electron chi connectivity index (χ3n) is 1.62. The van der Waals surface area contributed by atoms with Gasteiger partial charge in [-0.1, -0.05) is 0 Å². The largest absolute Gasteiger partial charge is 0.573 e. The molecule has 0 unspecified atom stereocenters. The number of hydrogen-bond acceptors (Lipinski definition) is 6. The van der Waals surface area contributed by atoms with E-state index < -0.39 is 42.4 Å². The number of aromatic nitrogens is 1. The van der Waals surface area contributed by atoms with Crippen LogP contribution in [0.4, 0.5) is 18.9 Å². The normalized spacial score (nSPS) is 12.2. The molecule has 13 heteroatoms. The number of pyridine rings is 1. The predicted octanol–water partition coefficient (Wildman–Crippen LogP) is 1.11. The number of nitrogens with zero attached hydrogens (tertiary/aromatic N) is 1. The molecule has 0 bridgehead atoms. The smallest absolute Gasteiger partial charge is 0.402 e. The Labute approximate surface area is 106 Å². The molecule has 0 saturated heterocycles. The number of aromatic amines is 1. The van der Waals surface area contributed by atoms with E-state index in [1.165, 1.54) is 4.98 Å². The molecule has 0 aliphatic rings. The van der Waals surface area contributed by atoms with E-state index in [1.54, 1.807) is 0 Å². The van der Waals surface area contributed by atoms with Crippen LogP contribution in [0, 0.1) is 10.1 Å². The lowest BCUT2D eigenvalue weighted by Gasteiger charge is -2.10. The van der Waals surface area contributed by atoms with Gasteiger partial charge in [-0.15, -0.1) is 13.2 Å². The molecule has 0 fully saturated rings. The van der Waals surface area contributed by atoms with E-state index in [2.05, 4.69) is 4.74 Å². The molecule has 19 heavy (non-hydrogen) atoms. The van der Waals surface area contributed by atoms with Crippen molar-refractivity contribution < 1.29 is 31.2 Å². The Morgan fingerprint density at radius 3 is 2.32 bits per heavy atom. The van der Waals surface area contributed by atoms with E-state index in [0.29, 0.717) is 0 Å². The van der Waals surface area contributed by atoms with Gasteiger partial charge in [-0.2, -0.15) is 0 Å². The Bertz CT molecular complexity index is 681. The lowest BCUT2D eigenvalue weighted by Crippen LogP contribution is -2.22. The van der Waals surface area contributed by atoms with Crippen LogP contribution in [0.3, 0.4) is 0 Å². The lowest BCUT2D eigenvalue weighted by atomic mass is 10.4. The molecular formula is C6H2ClF3N2O6S. The van der Waals surface area contributed by atoms with E-state index in [-0.39, 0.29) is 6.07 Å². The molecule has 1 heterocycles. The fourth-order valence-electron chi connectivity index (χ4n) is 1.00. The van der Waals surface area contributed by atoms with Gasteiger partial charge in [0.2, 0.25) is 0 Å². The molecule has 0 spiro atoms. The minimum absolute atomic E-state index is 0.0155. The number of halogens is 4. The molecule has 8 nitrogen and oxygen atoms in total. The van der Waals surface area contributed by atoms with Gasteiger partial charge in [-0.3, -0.25) is 14.9 Å². The van der Waals surface area contributed by atoms with Gasteiger partial charge in [0, 0.05) is 10.7 Å². The van der Waals surface area contributed by atoms with Gasteiger partial charge in [0.25, 0.3) is 9.05 Å². The van der Waals surface area contributed by atoms with Crippen molar-refractivity contribution >= 4 is 25.4 Å². The van der Waals surface area contributed by atoms with Crippen molar-refractivity contribution in [2.45, 2.75) is 11.4 Å². The summed E-state index contributed by atoms with van der Waals surface area (Å²) in [5.41, 5.74) is -2.87. The highest BCUT2D eigenvalue weighted by molar-refractivity contribution is 8.13. The Balaban J connectivity index is 3.61. The number of hydrogen-bond donors (Lipinski definition) is 1. The molecule has 0 aromatic carbocycles. The molecular weight excluding hydrogens is 321 g/mol. The van der Waals surface area contributed by atoms with Crippen LogP contribution in [0.2, 0.25) is 0 Å². The first kappa shape index (κ1) is 15.2. The quantitative estimate of drug-likeness (QED) is 0.505. The molecule has 1 rings (SSSR count). The van der Waals surface area contributed by atoms with E-state index >= 15 is 0 Å². The van der Waals surface area contributed by atoms with Gasteiger partial charge in [0.15, 0.2) is 10.8 Å². The van der Waals surface area contributed by atoms with Crippen molar-refractivity contribution in [3.8, 4) is 5.75 Å². The Morgan fingerprint density at radius 1 is 1.42 bits per heavy atom. The van der Waals surface area contributed by atoms with Gasteiger partial charge in [-0.05, 0) is 0 Å². The molecule has 0 atom stereocenters. The van der Waals surface area contributed by atoms with Crippen LogP contribution in [0.1, 0.15) is 0 Å². The van der Waals surface area contributed by atoms with Gasteiger partial charge in [-0.25, -0.2) is 8.42 Å². The average Bonchev–Trinajstić information content (AvgIpc) is 2.15. The zero-order valence-electron chi connectivity index (χ0n) is 8.39. The van der Waals surface area contributed by atoms with E-state index in [4.69, 9.17) is 10.7 Å². The van der Waals surface area contributed by atoms with Crippen molar-refractivity contribution in [3.63, 3.8) is 0 Å². The second-order valence-corrected chi connectivity index (χ2v) is 5.42. The van der Waals surface area contributed by atoms with Crippen LogP contribution < -0.4 is 10.3 Å². The number of alkyl halides is 3. The topological polar surface area (TPSA) is 119 Å². The third-order valence-corrected chi connectivity index (χ3v) is 2.87. The highest BCUT2D eigenvalue weighted by Gasteiger charge is 2.36. The summed E-state index contributed by atoms with van der Waals surface area (Å²) < 4.78 is 61.2. The maximum atomic E-state index is 12.0. The number of H-pyrrole nitrogens is 1. The van der Waals surface area contributed by atoms with E-state index in [9.17, 15) is 36.5 Å². The zero-order valence-corrected chi connectivity index (χ0v) is 9.97. The first-order valence-electron chi connectivity index (χ1n) is 4.04. The Morgan fingerprint density at radius 2 is 1.95 bits per heavy atom. The fraction of sp³-hybridized carbons (Fsp3) is 0.167. The maximum Gasteiger partial charge on any atom is 0.573 e.